The molecule has 1 aliphatic heterocycles. The second-order valence-electron chi connectivity index (χ2n) is 8.31. The summed E-state index contributed by atoms with van der Waals surface area (Å²) < 4.78 is 0. The Balaban J connectivity index is 1.71. The van der Waals surface area contributed by atoms with Gasteiger partial charge < -0.3 is 16.2 Å². The maximum Gasteiger partial charge on any atom is 0.324 e. The van der Waals surface area contributed by atoms with Crippen LogP contribution in [-0.2, 0) is 9.59 Å². The van der Waals surface area contributed by atoms with Gasteiger partial charge in [-0.1, -0.05) is 47.8 Å². The molecule has 2 aliphatic rings. The third-order valence-corrected chi connectivity index (χ3v) is 7.02. The lowest BCUT2D eigenvalue weighted by Gasteiger charge is -2.44. The van der Waals surface area contributed by atoms with E-state index in [1.165, 1.54) is 18.2 Å². The summed E-state index contributed by atoms with van der Waals surface area (Å²) in [6, 6.07) is 11.7. The average Bonchev–Trinajstić information content (AvgIpc) is 3.19. The molecule has 4 rings (SSSR count). The zero-order valence-corrected chi connectivity index (χ0v) is 18.1. The van der Waals surface area contributed by atoms with Crippen LogP contribution in [-0.4, -0.2) is 34.2 Å². The summed E-state index contributed by atoms with van der Waals surface area (Å²) in [5.74, 6) is -3.71. The van der Waals surface area contributed by atoms with E-state index in [4.69, 9.17) is 28.9 Å². The molecule has 0 saturated heterocycles. The van der Waals surface area contributed by atoms with Crippen molar-refractivity contribution < 1.29 is 19.5 Å². The van der Waals surface area contributed by atoms with Crippen molar-refractivity contribution in [3.8, 4) is 0 Å². The number of carboxylic acid groups (broad SMARTS) is 1. The molecule has 1 aliphatic carbocycles. The molecule has 1 saturated carbocycles. The smallest absolute Gasteiger partial charge is 0.324 e. The Morgan fingerprint density at radius 1 is 1.13 bits per heavy atom. The van der Waals surface area contributed by atoms with E-state index in [0.29, 0.717) is 5.02 Å². The van der Waals surface area contributed by atoms with Crippen LogP contribution >= 0.6 is 23.2 Å². The number of ketones is 2. The average molecular weight is 461 g/mol. The van der Waals surface area contributed by atoms with Gasteiger partial charge in [-0.2, -0.15) is 0 Å². The molecular formula is C23H22Cl2N2O4. The predicted molar refractivity (Wildman–Crippen MR) is 119 cm³/mol. The van der Waals surface area contributed by atoms with E-state index in [2.05, 4.69) is 5.32 Å². The minimum Gasteiger partial charge on any atom is -0.480 e. The van der Waals surface area contributed by atoms with Crippen molar-refractivity contribution in [2.24, 2.45) is 11.7 Å². The van der Waals surface area contributed by atoms with Crippen molar-refractivity contribution in [2.75, 3.05) is 5.32 Å². The normalized spacial score (nSPS) is 23.8. The second-order valence-corrected chi connectivity index (χ2v) is 9.15. The molecule has 1 fully saturated rings. The Hall–Kier alpha value is -2.41. The number of aliphatic carboxylic acids is 1. The summed E-state index contributed by atoms with van der Waals surface area (Å²) in [6.45, 7) is 0. The number of hydrogen-bond acceptors (Lipinski definition) is 5. The zero-order valence-electron chi connectivity index (χ0n) is 16.6. The van der Waals surface area contributed by atoms with E-state index < -0.39 is 35.4 Å². The number of nitrogens with two attached hydrogens (primary N) is 1. The van der Waals surface area contributed by atoms with Crippen LogP contribution in [0.1, 0.15) is 47.5 Å². The van der Waals surface area contributed by atoms with Crippen LogP contribution in [0, 0.1) is 5.92 Å². The van der Waals surface area contributed by atoms with Gasteiger partial charge in [0.25, 0.3) is 0 Å². The van der Waals surface area contributed by atoms with Crippen LogP contribution < -0.4 is 11.1 Å². The molecule has 4 unspecified atom stereocenters. The molecule has 8 heteroatoms. The molecular weight excluding hydrogens is 439 g/mol. The monoisotopic (exact) mass is 460 g/mol. The molecule has 162 valence electrons. The first-order valence-electron chi connectivity index (χ1n) is 10.1. The van der Waals surface area contributed by atoms with E-state index in [9.17, 15) is 19.5 Å². The van der Waals surface area contributed by atoms with Crippen LogP contribution in [0.2, 0.25) is 10.0 Å². The van der Waals surface area contributed by atoms with Gasteiger partial charge >= 0.3 is 5.97 Å². The molecule has 4 N–H and O–H groups in total. The maximum absolute atomic E-state index is 12.9. The van der Waals surface area contributed by atoms with Gasteiger partial charge in [-0.05, 0) is 48.6 Å². The lowest BCUT2D eigenvalue weighted by Crippen LogP contribution is -2.59. The van der Waals surface area contributed by atoms with Crippen LogP contribution in [0.25, 0.3) is 0 Å². The van der Waals surface area contributed by atoms with Gasteiger partial charge in [-0.3, -0.25) is 14.4 Å². The number of hydrogen-bond donors (Lipinski definition) is 3. The van der Waals surface area contributed by atoms with Crippen LogP contribution in [0.5, 0.6) is 0 Å². The van der Waals surface area contributed by atoms with Crippen molar-refractivity contribution in [3.63, 3.8) is 0 Å². The number of carbonyl (C=O) groups excluding carboxylic acids is 2. The van der Waals surface area contributed by atoms with Gasteiger partial charge in [0.05, 0.1) is 5.02 Å². The van der Waals surface area contributed by atoms with E-state index in [1.54, 1.807) is 0 Å². The highest BCUT2D eigenvalue weighted by Gasteiger charge is 2.53. The number of carboxylic acids is 1. The van der Waals surface area contributed by atoms with Crippen molar-refractivity contribution >= 4 is 46.4 Å². The highest BCUT2D eigenvalue weighted by molar-refractivity contribution is 6.48. The molecule has 0 aromatic heterocycles. The molecule has 2 aromatic carbocycles. The topological polar surface area (TPSA) is 109 Å². The number of Topliss-reactive ketones (excluding diaryl/α,β-unsaturated/α-hetero) is 2. The summed E-state index contributed by atoms with van der Waals surface area (Å²) in [7, 11) is 0. The van der Waals surface area contributed by atoms with E-state index >= 15 is 0 Å². The third-order valence-electron chi connectivity index (χ3n) is 6.47. The standard InChI is InChI=1S/C23H22Cl2N2O4/c24-12-8-9-13(16(25)10-12)21(29)19(28)11-23(26,22(30)31)20-14-4-1-2-6-17(14)27-18-7-3-5-15(18)20/h1-2,4,6,8-10,15,18,20,27H,3,5,7,11,26H2,(H,30,31). The number of carbonyl (C=O) groups is 3. The zero-order chi connectivity index (χ0) is 22.3. The van der Waals surface area contributed by atoms with E-state index in [0.717, 1.165) is 30.5 Å². The number of para-hydroxylation sites is 1. The molecule has 0 spiro atoms. The Labute approximate surface area is 189 Å². The molecule has 4 atom stereocenters. The van der Waals surface area contributed by atoms with Gasteiger partial charge in [-0.25, -0.2) is 0 Å². The van der Waals surface area contributed by atoms with E-state index in [1.807, 2.05) is 24.3 Å². The Kier molecular flexibility index (Phi) is 5.81. The molecule has 0 radical (unpaired) electrons. The van der Waals surface area contributed by atoms with E-state index in [-0.39, 0.29) is 22.5 Å². The third kappa shape index (κ3) is 3.84. The fourth-order valence-corrected chi connectivity index (χ4v) is 5.54. The van der Waals surface area contributed by atoms with Crippen molar-refractivity contribution in [3.05, 3.63) is 63.6 Å². The molecule has 2 aromatic rings. The fraction of sp³-hybridized carbons (Fsp3) is 0.348. The Morgan fingerprint density at radius 2 is 1.87 bits per heavy atom. The SMILES string of the molecule is NC(CC(=O)C(=O)c1ccc(Cl)cc1Cl)(C(=O)O)C1c2ccccc2NC2CCCC21. The number of halogens is 2. The highest BCUT2D eigenvalue weighted by Crippen LogP contribution is 2.50. The molecule has 6 nitrogen and oxygen atoms in total. The van der Waals surface area contributed by atoms with Gasteiger partial charge in [0.2, 0.25) is 11.6 Å². The van der Waals surface area contributed by atoms with Gasteiger partial charge in [0.1, 0.15) is 5.54 Å². The maximum atomic E-state index is 12.9. The van der Waals surface area contributed by atoms with Crippen LogP contribution in [0.4, 0.5) is 5.69 Å². The lowest BCUT2D eigenvalue weighted by atomic mass is 9.66. The first-order valence-corrected chi connectivity index (χ1v) is 10.9. The Morgan fingerprint density at radius 3 is 2.58 bits per heavy atom. The van der Waals surface area contributed by atoms with Gasteiger partial charge in [-0.15, -0.1) is 0 Å². The van der Waals surface area contributed by atoms with Crippen molar-refractivity contribution in [1.29, 1.82) is 0 Å². The number of benzene rings is 2. The molecule has 0 bridgehead atoms. The molecule has 31 heavy (non-hydrogen) atoms. The molecule has 0 amide bonds. The number of fused-ring (bicyclic) bond motifs is 2. The van der Waals surface area contributed by atoms with Crippen molar-refractivity contribution in [2.45, 2.75) is 43.2 Å². The second kappa shape index (κ2) is 8.26. The van der Waals surface area contributed by atoms with Crippen LogP contribution in [0.3, 0.4) is 0 Å². The van der Waals surface area contributed by atoms with Gasteiger partial charge in [0.15, 0.2) is 0 Å². The molecule has 1 heterocycles. The lowest BCUT2D eigenvalue weighted by molar-refractivity contribution is -0.146. The summed E-state index contributed by atoms with van der Waals surface area (Å²) in [5.41, 5.74) is 6.15. The summed E-state index contributed by atoms with van der Waals surface area (Å²) in [6.07, 6.45) is 2.02. The summed E-state index contributed by atoms with van der Waals surface area (Å²) in [5, 5.41) is 14.0. The summed E-state index contributed by atoms with van der Waals surface area (Å²) >= 11 is 11.9. The minimum absolute atomic E-state index is 0.0201. The predicted octanol–water partition coefficient (Wildman–Crippen LogP) is 4.30. The quantitative estimate of drug-likeness (QED) is 0.437. The van der Waals surface area contributed by atoms with Gasteiger partial charge in [0, 0.05) is 34.7 Å². The number of nitrogens with one attached hydrogen (secondary N) is 1. The highest BCUT2D eigenvalue weighted by atomic mass is 35.5. The Bertz CT molecular complexity index is 1070. The first-order chi connectivity index (χ1) is 14.7. The largest absolute Gasteiger partial charge is 0.480 e. The van der Waals surface area contributed by atoms with Crippen LogP contribution in [0.15, 0.2) is 42.5 Å². The fourth-order valence-electron chi connectivity index (χ4n) is 5.04. The number of anilines is 1. The minimum atomic E-state index is -1.93. The number of rotatable bonds is 6. The first kappa shape index (κ1) is 21.8. The summed E-state index contributed by atoms with van der Waals surface area (Å²) in [4.78, 5) is 38.2. The van der Waals surface area contributed by atoms with Crippen molar-refractivity contribution in [1.82, 2.24) is 0 Å².